The molecule has 0 aliphatic carbocycles. The molecule has 3 rings (SSSR count). The molecule has 1 N–H and O–H groups in total. The molecule has 2 heterocycles. The molecular weight excluding hydrogens is 304 g/mol. The van der Waals surface area contributed by atoms with Crippen LogP contribution >= 0.6 is 15.9 Å². The third kappa shape index (κ3) is 2.56. The number of halogens is 1. The Kier molecular flexibility index (Phi) is 3.63. The SMILES string of the molecule is CC1C2CNCC2CN1C(=O)Cc1ccc(Br)cc1. The van der Waals surface area contributed by atoms with Gasteiger partial charge < -0.3 is 10.2 Å². The molecule has 2 fully saturated rings. The van der Waals surface area contributed by atoms with Crippen molar-refractivity contribution in [1.82, 2.24) is 10.2 Å². The predicted molar refractivity (Wildman–Crippen MR) is 78.9 cm³/mol. The van der Waals surface area contributed by atoms with E-state index in [4.69, 9.17) is 0 Å². The molecule has 2 saturated heterocycles. The Labute approximate surface area is 122 Å². The lowest BCUT2D eigenvalue weighted by Gasteiger charge is -2.24. The second-order valence-electron chi connectivity index (χ2n) is 5.67. The zero-order chi connectivity index (χ0) is 13.4. The summed E-state index contributed by atoms with van der Waals surface area (Å²) in [5.41, 5.74) is 1.09. The Morgan fingerprint density at radius 2 is 2.11 bits per heavy atom. The highest BCUT2D eigenvalue weighted by molar-refractivity contribution is 9.10. The summed E-state index contributed by atoms with van der Waals surface area (Å²) in [5, 5.41) is 3.43. The smallest absolute Gasteiger partial charge is 0.227 e. The van der Waals surface area contributed by atoms with Gasteiger partial charge in [0.05, 0.1) is 6.42 Å². The molecule has 1 amide bonds. The summed E-state index contributed by atoms with van der Waals surface area (Å²) in [6.45, 7) is 5.25. The molecule has 0 spiro atoms. The highest BCUT2D eigenvalue weighted by Crippen LogP contribution is 2.32. The second-order valence-corrected chi connectivity index (χ2v) is 6.59. The van der Waals surface area contributed by atoms with Crippen LogP contribution in [-0.4, -0.2) is 36.5 Å². The monoisotopic (exact) mass is 322 g/mol. The number of carbonyl (C=O) groups excluding carboxylic acids is 1. The average molecular weight is 323 g/mol. The topological polar surface area (TPSA) is 32.3 Å². The summed E-state index contributed by atoms with van der Waals surface area (Å²) in [6.07, 6.45) is 0.518. The van der Waals surface area contributed by atoms with E-state index in [1.165, 1.54) is 0 Å². The minimum atomic E-state index is 0.268. The lowest BCUT2D eigenvalue weighted by molar-refractivity contribution is -0.131. The third-order valence-electron chi connectivity index (χ3n) is 4.52. The standard InChI is InChI=1S/C15H19BrN2O/c1-10-14-8-17-7-12(14)9-18(10)15(19)6-11-2-4-13(16)5-3-11/h2-5,10,12,14,17H,6-9H2,1H3. The quantitative estimate of drug-likeness (QED) is 0.904. The molecule has 19 heavy (non-hydrogen) atoms. The number of hydrogen-bond acceptors (Lipinski definition) is 2. The maximum Gasteiger partial charge on any atom is 0.227 e. The van der Waals surface area contributed by atoms with Crippen LogP contribution in [0.2, 0.25) is 0 Å². The van der Waals surface area contributed by atoms with E-state index >= 15 is 0 Å². The first-order valence-electron chi connectivity index (χ1n) is 6.90. The van der Waals surface area contributed by atoms with Crippen LogP contribution in [0.1, 0.15) is 12.5 Å². The van der Waals surface area contributed by atoms with Gasteiger partial charge in [0, 0.05) is 30.1 Å². The number of rotatable bonds is 2. The third-order valence-corrected chi connectivity index (χ3v) is 5.05. The van der Waals surface area contributed by atoms with Crippen LogP contribution in [0.15, 0.2) is 28.7 Å². The molecule has 3 nitrogen and oxygen atoms in total. The second kappa shape index (κ2) is 5.25. The van der Waals surface area contributed by atoms with Crippen LogP contribution in [0, 0.1) is 11.8 Å². The number of nitrogens with one attached hydrogen (secondary N) is 1. The van der Waals surface area contributed by atoms with Crippen molar-refractivity contribution in [3.05, 3.63) is 34.3 Å². The van der Waals surface area contributed by atoms with Gasteiger partial charge in [-0.2, -0.15) is 0 Å². The van der Waals surface area contributed by atoms with E-state index < -0.39 is 0 Å². The van der Waals surface area contributed by atoms with Crippen LogP contribution in [0.4, 0.5) is 0 Å². The fourth-order valence-electron chi connectivity index (χ4n) is 3.38. The Hall–Kier alpha value is -0.870. The maximum atomic E-state index is 12.4. The molecule has 1 aromatic carbocycles. The zero-order valence-corrected chi connectivity index (χ0v) is 12.7. The van der Waals surface area contributed by atoms with Gasteiger partial charge in [0.25, 0.3) is 0 Å². The van der Waals surface area contributed by atoms with E-state index in [-0.39, 0.29) is 5.91 Å². The predicted octanol–water partition coefficient (Wildman–Crippen LogP) is 2.06. The first-order chi connectivity index (χ1) is 9.15. The highest BCUT2D eigenvalue weighted by atomic mass is 79.9. The van der Waals surface area contributed by atoms with Crippen molar-refractivity contribution in [2.45, 2.75) is 19.4 Å². The minimum Gasteiger partial charge on any atom is -0.339 e. The first kappa shape index (κ1) is 13.1. The molecular formula is C15H19BrN2O. The molecule has 3 atom stereocenters. The van der Waals surface area contributed by atoms with Crippen LogP contribution in [-0.2, 0) is 11.2 Å². The summed E-state index contributed by atoms with van der Waals surface area (Å²) >= 11 is 3.42. The maximum absolute atomic E-state index is 12.4. The number of amides is 1. The van der Waals surface area contributed by atoms with E-state index in [1.807, 2.05) is 24.3 Å². The molecule has 2 aliphatic rings. The van der Waals surface area contributed by atoms with Gasteiger partial charge in [-0.3, -0.25) is 4.79 Å². The van der Waals surface area contributed by atoms with Crippen LogP contribution in [0.3, 0.4) is 0 Å². The highest BCUT2D eigenvalue weighted by Gasteiger charge is 2.43. The minimum absolute atomic E-state index is 0.268. The molecule has 1 aromatic rings. The van der Waals surface area contributed by atoms with Gasteiger partial charge in [0.2, 0.25) is 5.91 Å². The molecule has 0 aromatic heterocycles. The largest absolute Gasteiger partial charge is 0.339 e. The lowest BCUT2D eigenvalue weighted by Crippen LogP contribution is -2.38. The summed E-state index contributed by atoms with van der Waals surface area (Å²) in [7, 11) is 0. The van der Waals surface area contributed by atoms with Crippen molar-refractivity contribution < 1.29 is 4.79 Å². The van der Waals surface area contributed by atoms with Crippen molar-refractivity contribution in [1.29, 1.82) is 0 Å². The van der Waals surface area contributed by atoms with Crippen molar-refractivity contribution in [3.8, 4) is 0 Å². The number of likely N-dealkylation sites (tertiary alicyclic amines) is 1. The van der Waals surface area contributed by atoms with Gasteiger partial charge in [0.1, 0.15) is 0 Å². The summed E-state index contributed by atoms with van der Waals surface area (Å²) in [4.78, 5) is 14.5. The van der Waals surface area contributed by atoms with E-state index in [0.29, 0.717) is 24.3 Å². The van der Waals surface area contributed by atoms with E-state index in [1.54, 1.807) is 0 Å². The molecule has 4 heteroatoms. The van der Waals surface area contributed by atoms with Gasteiger partial charge >= 0.3 is 0 Å². The molecule has 3 unspecified atom stereocenters. The number of carbonyl (C=O) groups is 1. The van der Waals surface area contributed by atoms with Gasteiger partial charge in [-0.05, 0) is 36.5 Å². The van der Waals surface area contributed by atoms with Gasteiger partial charge in [-0.1, -0.05) is 28.1 Å². The fraction of sp³-hybridized carbons (Fsp3) is 0.533. The number of hydrogen-bond donors (Lipinski definition) is 1. The van der Waals surface area contributed by atoms with Gasteiger partial charge in [-0.25, -0.2) is 0 Å². The molecule has 0 saturated carbocycles. The van der Waals surface area contributed by atoms with E-state index in [2.05, 4.69) is 33.1 Å². The van der Waals surface area contributed by atoms with Crippen molar-refractivity contribution in [3.63, 3.8) is 0 Å². The molecule has 2 aliphatic heterocycles. The van der Waals surface area contributed by atoms with Crippen molar-refractivity contribution in [2.24, 2.45) is 11.8 Å². The zero-order valence-electron chi connectivity index (χ0n) is 11.1. The Morgan fingerprint density at radius 1 is 1.37 bits per heavy atom. The summed E-state index contributed by atoms with van der Waals surface area (Å²) in [5.74, 6) is 1.57. The Morgan fingerprint density at radius 3 is 2.79 bits per heavy atom. The summed E-state index contributed by atoms with van der Waals surface area (Å²) < 4.78 is 1.05. The van der Waals surface area contributed by atoms with Crippen molar-refractivity contribution >= 4 is 21.8 Å². The fourth-order valence-corrected chi connectivity index (χ4v) is 3.64. The number of nitrogens with zero attached hydrogens (tertiary/aromatic N) is 1. The van der Waals surface area contributed by atoms with Crippen LogP contribution in [0.25, 0.3) is 0 Å². The Balaban J connectivity index is 1.66. The number of fused-ring (bicyclic) bond motifs is 1. The normalized spacial score (nSPS) is 29.6. The van der Waals surface area contributed by atoms with Gasteiger partial charge in [0.15, 0.2) is 0 Å². The summed E-state index contributed by atoms with van der Waals surface area (Å²) in [6, 6.07) is 8.41. The van der Waals surface area contributed by atoms with Crippen molar-refractivity contribution in [2.75, 3.05) is 19.6 Å². The Bertz CT molecular complexity index is 474. The molecule has 0 radical (unpaired) electrons. The molecule has 0 bridgehead atoms. The van der Waals surface area contributed by atoms with Crippen LogP contribution in [0.5, 0.6) is 0 Å². The first-order valence-corrected chi connectivity index (χ1v) is 7.69. The lowest BCUT2D eigenvalue weighted by atomic mass is 9.95. The van der Waals surface area contributed by atoms with E-state index in [0.717, 1.165) is 29.7 Å². The van der Waals surface area contributed by atoms with Gasteiger partial charge in [-0.15, -0.1) is 0 Å². The van der Waals surface area contributed by atoms with E-state index in [9.17, 15) is 4.79 Å². The van der Waals surface area contributed by atoms with Crippen LogP contribution < -0.4 is 5.32 Å². The average Bonchev–Trinajstić information content (AvgIpc) is 2.96. The number of benzene rings is 1. The molecule has 102 valence electrons.